The third-order valence-corrected chi connectivity index (χ3v) is 10.9. The highest BCUT2D eigenvalue weighted by Crippen LogP contribution is 2.60. The Kier molecular flexibility index (Phi) is 6.98. The van der Waals surface area contributed by atoms with Crippen LogP contribution >= 0.6 is 0 Å². The zero-order valence-corrected chi connectivity index (χ0v) is 23.8. The zero-order chi connectivity index (χ0) is 27.9. The molecule has 8 heteroatoms. The van der Waals surface area contributed by atoms with Gasteiger partial charge in [-0.05, 0) is 116 Å². The summed E-state index contributed by atoms with van der Waals surface area (Å²) in [5, 5.41) is 2.92. The van der Waals surface area contributed by atoms with Crippen molar-refractivity contribution in [3.05, 3.63) is 78.4 Å². The third kappa shape index (κ3) is 4.94. The van der Waals surface area contributed by atoms with Gasteiger partial charge in [0, 0.05) is 5.69 Å². The number of para-hydroxylation sites is 2. The van der Waals surface area contributed by atoms with Gasteiger partial charge in [-0.15, -0.1) is 0 Å². The van der Waals surface area contributed by atoms with E-state index in [0.29, 0.717) is 17.2 Å². The second-order valence-corrected chi connectivity index (χ2v) is 13.5. The first kappa shape index (κ1) is 26.7. The molecule has 1 N–H and O–H groups in total. The van der Waals surface area contributed by atoms with Crippen molar-refractivity contribution in [3.63, 3.8) is 0 Å². The van der Waals surface area contributed by atoms with E-state index in [4.69, 9.17) is 9.47 Å². The second kappa shape index (κ2) is 10.5. The highest BCUT2D eigenvalue weighted by molar-refractivity contribution is 7.92. The highest BCUT2D eigenvalue weighted by Gasteiger charge is 2.51. The lowest BCUT2D eigenvalue weighted by Gasteiger charge is -2.57. The number of anilines is 2. The lowest BCUT2D eigenvalue weighted by Crippen LogP contribution is -2.48. The molecule has 0 aliphatic heterocycles. The smallest absolute Gasteiger partial charge is 0.264 e. The maximum atomic E-state index is 13.8. The molecule has 40 heavy (non-hydrogen) atoms. The van der Waals surface area contributed by atoms with Gasteiger partial charge in [0.15, 0.2) is 0 Å². The summed E-state index contributed by atoms with van der Waals surface area (Å²) >= 11 is 0. The number of benzene rings is 3. The van der Waals surface area contributed by atoms with Crippen molar-refractivity contribution in [1.82, 2.24) is 0 Å². The van der Waals surface area contributed by atoms with Gasteiger partial charge in [0.25, 0.3) is 10.0 Å². The minimum Gasteiger partial charge on any atom is -0.497 e. The van der Waals surface area contributed by atoms with Gasteiger partial charge in [0.1, 0.15) is 18.0 Å². The molecule has 0 spiro atoms. The monoisotopic (exact) mass is 560 g/mol. The minimum absolute atomic E-state index is 0.0481. The molecule has 4 aliphatic rings. The second-order valence-electron chi connectivity index (χ2n) is 11.7. The van der Waals surface area contributed by atoms with Crippen molar-refractivity contribution in [2.45, 2.75) is 48.8 Å². The molecule has 7 nitrogen and oxygen atoms in total. The Morgan fingerprint density at radius 3 is 2.02 bits per heavy atom. The van der Waals surface area contributed by atoms with Gasteiger partial charge >= 0.3 is 0 Å². The van der Waals surface area contributed by atoms with Crippen LogP contribution in [0.3, 0.4) is 0 Å². The Morgan fingerprint density at radius 1 is 0.850 bits per heavy atom. The standard InChI is InChI=1S/C32H36N2O5S/c1-38-27-11-13-28(14-12-27)40(36,37)34(29-5-3-4-6-30(29)39-2)21-31(35)33-26-9-7-25(8-10-26)32-18-22-15-23(19-32)17-24(16-22)20-32/h3-14,22-24H,15-21H2,1-2H3,(H,33,35). The average Bonchev–Trinajstić information content (AvgIpc) is 2.95. The fourth-order valence-electron chi connectivity index (χ4n) is 7.71. The zero-order valence-electron chi connectivity index (χ0n) is 23.0. The van der Waals surface area contributed by atoms with Crippen LogP contribution in [0.1, 0.15) is 44.1 Å². The van der Waals surface area contributed by atoms with Crippen LogP contribution in [-0.2, 0) is 20.2 Å². The van der Waals surface area contributed by atoms with E-state index in [9.17, 15) is 13.2 Å². The molecule has 0 heterocycles. The summed E-state index contributed by atoms with van der Waals surface area (Å²) in [5.41, 5.74) is 2.60. The van der Waals surface area contributed by atoms with E-state index in [1.807, 2.05) is 12.1 Å². The van der Waals surface area contributed by atoms with E-state index in [2.05, 4.69) is 17.4 Å². The Hall–Kier alpha value is -3.52. The minimum atomic E-state index is -4.09. The first-order valence-electron chi connectivity index (χ1n) is 14.0. The Bertz CT molecular complexity index is 1450. The van der Waals surface area contributed by atoms with Crippen LogP contribution in [0.5, 0.6) is 11.5 Å². The van der Waals surface area contributed by atoms with Gasteiger partial charge in [-0.25, -0.2) is 8.42 Å². The van der Waals surface area contributed by atoms with Gasteiger partial charge in [-0.2, -0.15) is 0 Å². The Labute approximate surface area is 236 Å². The Morgan fingerprint density at radius 2 is 1.45 bits per heavy atom. The van der Waals surface area contributed by atoms with Crippen molar-refractivity contribution in [2.24, 2.45) is 17.8 Å². The third-order valence-electron chi connectivity index (χ3n) is 9.11. The summed E-state index contributed by atoms with van der Waals surface area (Å²) in [6, 6.07) is 21.1. The molecular formula is C32H36N2O5S. The molecule has 4 aliphatic carbocycles. The number of nitrogens with zero attached hydrogens (tertiary/aromatic N) is 1. The normalized spacial score (nSPS) is 24.9. The maximum Gasteiger partial charge on any atom is 0.264 e. The van der Waals surface area contributed by atoms with Gasteiger partial charge in [-0.1, -0.05) is 24.3 Å². The molecule has 0 radical (unpaired) electrons. The van der Waals surface area contributed by atoms with Gasteiger partial charge in [-0.3, -0.25) is 9.10 Å². The summed E-state index contributed by atoms with van der Waals surface area (Å²) in [5.74, 6) is 3.04. The van der Waals surface area contributed by atoms with E-state index in [1.54, 1.807) is 36.4 Å². The van der Waals surface area contributed by atoms with Crippen LogP contribution < -0.4 is 19.1 Å². The summed E-state index contributed by atoms with van der Waals surface area (Å²) in [6.07, 6.45) is 8.03. The van der Waals surface area contributed by atoms with Crippen molar-refractivity contribution < 1.29 is 22.7 Å². The number of amides is 1. The summed E-state index contributed by atoms with van der Waals surface area (Å²) in [6.45, 7) is -0.411. The number of sulfonamides is 1. The fraction of sp³-hybridized carbons (Fsp3) is 0.406. The van der Waals surface area contributed by atoms with Crippen LogP contribution in [0.2, 0.25) is 0 Å². The average molecular weight is 561 g/mol. The molecule has 0 atom stereocenters. The fourth-order valence-corrected chi connectivity index (χ4v) is 9.14. The van der Waals surface area contributed by atoms with Crippen LogP contribution in [0.25, 0.3) is 0 Å². The number of carbonyl (C=O) groups is 1. The predicted molar refractivity (Wildman–Crippen MR) is 155 cm³/mol. The molecule has 0 saturated heterocycles. The largest absolute Gasteiger partial charge is 0.497 e. The van der Waals surface area contributed by atoms with Crippen molar-refractivity contribution in [1.29, 1.82) is 0 Å². The van der Waals surface area contributed by atoms with Gasteiger partial charge < -0.3 is 14.8 Å². The predicted octanol–water partition coefficient (Wildman–Crippen LogP) is 6.01. The number of carbonyl (C=O) groups excluding carboxylic acids is 1. The number of hydrogen-bond acceptors (Lipinski definition) is 5. The van der Waals surface area contributed by atoms with Crippen LogP contribution in [0.15, 0.2) is 77.7 Å². The topological polar surface area (TPSA) is 84.9 Å². The number of ether oxygens (including phenoxy) is 2. The SMILES string of the molecule is COc1ccc(S(=O)(=O)N(CC(=O)Nc2ccc(C34CC5CC(CC(C5)C3)C4)cc2)c2ccccc2OC)cc1. The van der Waals surface area contributed by atoms with E-state index >= 15 is 0 Å². The van der Waals surface area contributed by atoms with E-state index in [-0.39, 0.29) is 16.0 Å². The molecule has 7 rings (SSSR count). The van der Waals surface area contributed by atoms with Crippen LogP contribution in [0.4, 0.5) is 11.4 Å². The number of rotatable bonds is 9. The number of nitrogens with one attached hydrogen (secondary N) is 1. The van der Waals surface area contributed by atoms with Crippen LogP contribution in [-0.4, -0.2) is 35.1 Å². The first-order chi connectivity index (χ1) is 19.3. The lowest BCUT2D eigenvalue weighted by atomic mass is 9.48. The first-order valence-corrected chi connectivity index (χ1v) is 15.4. The Balaban J connectivity index is 1.23. The lowest BCUT2D eigenvalue weighted by molar-refractivity contribution is -0.114. The maximum absolute atomic E-state index is 13.8. The van der Waals surface area contributed by atoms with E-state index < -0.39 is 22.5 Å². The molecule has 4 saturated carbocycles. The van der Waals surface area contributed by atoms with Crippen molar-refractivity contribution >= 4 is 27.3 Å². The number of methoxy groups -OCH3 is 2. The van der Waals surface area contributed by atoms with Gasteiger partial charge in [0.05, 0.1) is 24.8 Å². The van der Waals surface area contributed by atoms with Gasteiger partial charge in [0.2, 0.25) is 5.91 Å². The quantitative estimate of drug-likeness (QED) is 0.347. The van der Waals surface area contributed by atoms with Crippen molar-refractivity contribution in [2.75, 3.05) is 30.4 Å². The molecule has 1 amide bonds. The molecule has 3 aromatic carbocycles. The molecular weight excluding hydrogens is 524 g/mol. The molecule has 4 fully saturated rings. The highest BCUT2D eigenvalue weighted by atomic mass is 32.2. The molecule has 3 aromatic rings. The summed E-state index contributed by atoms with van der Waals surface area (Å²) in [7, 11) is -1.10. The van der Waals surface area contributed by atoms with Crippen LogP contribution in [0, 0.1) is 17.8 Å². The molecule has 0 aromatic heterocycles. The van der Waals surface area contributed by atoms with E-state index in [1.165, 1.54) is 70.4 Å². The summed E-state index contributed by atoms with van der Waals surface area (Å²) < 4.78 is 39.3. The molecule has 4 bridgehead atoms. The number of hydrogen-bond donors (Lipinski definition) is 1. The van der Waals surface area contributed by atoms with Crippen molar-refractivity contribution in [3.8, 4) is 11.5 Å². The summed E-state index contributed by atoms with van der Waals surface area (Å²) in [4.78, 5) is 13.4. The molecule has 210 valence electrons. The van der Waals surface area contributed by atoms with E-state index in [0.717, 1.165) is 22.1 Å². The molecule has 0 unspecified atom stereocenters.